The second-order valence-electron chi connectivity index (χ2n) is 4.04. The van der Waals surface area contributed by atoms with Gasteiger partial charge in [0.05, 0.1) is 0 Å². The average Bonchev–Trinajstić information content (AvgIpc) is 2.73. The molecular weight excluding hydrogens is 212 g/mol. The molecule has 0 atom stereocenters. The van der Waals surface area contributed by atoms with Crippen molar-refractivity contribution < 1.29 is 9.21 Å². The first kappa shape index (κ1) is 11.6. The van der Waals surface area contributed by atoms with Crippen molar-refractivity contribution in [3.05, 3.63) is 42.2 Å². The highest BCUT2D eigenvalue weighted by Gasteiger charge is 2.12. The fourth-order valence-electron chi connectivity index (χ4n) is 1.98. The maximum Gasteiger partial charge on any atom is 0.135 e. The number of fused-ring (bicyclic) bond motifs is 1. The molecule has 0 spiro atoms. The molecule has 0 saturated carbocycles. The van der Waals surface area contributed by atoms with E-state index in [0.717, 1.165) is 28.7 Å². The highest BCUT2D eigenvalue weighted by Crippen LogP contribution is 2.27. The Morgan fingerprint density at radius 3 is 2.88 bits per heavy atom. The minimum Gasteiger partial charge on any atom is -0.456 e. The number of hydrogen-bond donors (Lipinski definition) is 0. The van der Waals surface area contributed by atoms with Crippen LogP contribution in [-0.4, -0.2) is 5.78 Å². The molecule has 1 aromatic carbocycles. The molecule has 0 aliphatic heterocycles. The molecular formula is C15H16O2. The molecule has 2 aromatic rings. The lowest BCUT2D eigenvalue weighted by molar-refractivity contribution is -0.118. The maximum absolute atomic E-state index is 11.4. The number of hydrogen-bond acceptors (Lipinski definition) is 2. The first-order chi connectivity index (χ1) is 8.26. The van der Waals surface area contributed by atoms with Gasteiger partial charge in [-0.05, 0) is 18.6 Å². The number of furan rings is 1. The van der Waals surface area contributed by atoms with Crippen molar-refractivity contribution in [3.63, 3.8) is 0 Å². The predicted molar refractivity (Wildman–Crippen MR) is 69.9 cm³/mol. The lowest BCUT2D eigenvalue weighted by atomic mass is 10.0. The third-order valence-corrected chi connectivity index (χ3v) is 2.96. The van der Waals surface area contributed by atoms with Crippen LogP contribution < -0.4 is 0 Å². The van der Waals surface area contributed by atoms with Gasteiger partial charge in [-0.3, -0.25) is 4.79 Å². The van der Waals surface area contributed by atoms with Crippen molar-refractivity contribution >= 4 is 22.8 Å². The molecule has 2 heteroatoms. The van der Waals surface area contributed by atoms with Gasteiger partial charge in [0.1, 0.15) is 17.1 Å². The highest BCUT2D eigenvalue weighted by molar-refractivity contribution is 5.85. The van der Waals surface area contributed by atoms with E-state index in [1.54, 1.807) is 6.08 Å². The first-order valence-electron chi connectivity index (χ1n) is 5.90. The molecule has 1 heterocycles. The second-order valence-corrected chi connectivity index (χ2v) is 4.04. The monoisotopic (exact) mass is 228 g/mol. The molecule has 1 aromatic heterocycles. The lowest BCUT2D eigenvalue weighted by Crippen LogP contribution is -1.98. The van der Waals surface area contributed by atoms with Gasteiger partial charge in [-0.25, -0.2) is 0 Å². The summed E-state index contributed by atoms with van der Waals surface area (Å²) < 4.78 is 5.68. The summed E-state index contributed by atoms with van der Waals surface area (Å²) in [6.07, 6.45) is 3.61. The quantitative estimate of drug-likeness (QED) is 0.774. The largest absolute Gasteiger partial charge is 0.456 e. The molecule has 88 valence electrons. The van der Waals surface area contributed by atoms with Gasteiger partial charge in [-0.1, -0.05) is 31.7 Å². The summed E-state index contributed by atoms with van der Waals surface area (Å²) in [6.45, 7) is 5.65. The van der Waals surface area contributed by atoms with Crippen molar-refractivity contribution in [1.82, 2.24) is 0 Å². The zero-order chi connectivity index (χ0) is 12.3. The minimum atomic E-state index is 0.283. The number of aryl methyl sites for hydroxylation is 1. The van der Waals surface area contributed by atoms with Crippen LogP contribution >= 0.6 is 0 Å². The van der Waals surface area contributed by atoms with Crippen molar-refractivity contribution in [2.45, 2.75) is 26.2 Å². The van der Waals surface area contributed by atoms with Crippen molar-refractivity contribution in [3.8, 4) is 0 Å². The number of rotatable bonds is 5. The molecule has 0 aliphatic rings. The number of Topliss-reactive ketones (excluding diaryl/α,β-unsaturated/α-hetero) is 1. The van der Waals surface area contributed by atoms with Crippen LogP contribution in [0.2, 0.25) is 0 Å². The molecule has 2 nitrogen and oxygen atoms in total. The Balaban J connectivity index is 2.36. The smallest absolute Gasteiger partial charge is 0.135 e. The summed E-state index contributed by atoms with van der Waals surface area (Å²) in [6, 6.07) is 7.89. The Labute approximate surface area is 101 Å². The summed E-state index contributed by atoms with van der Waals surface area (Å²) in [5, 5.41) is 1.09. The number of carbonyl (C=O) groups is 1. The standard InChI is InChI=1S/C15H16O2/c1-3-11(16)9-10-13-12-7-5-6-8-15(12)17-14(13)4-2/h4-8H,2-3,9-10H2,1H3. The molecule has 17 heavy (non-hydrogen) atoms. The van der Waals surface area contributed by atoms with Crippen molar-refractivity contribution in [2.24, 2.45) is 0 Å². The van der Waals surface area contributed by atoms with Gasteiger partial charge in [0.2, 0.25) is 0 Å². The summed E-state index contributed by atoms with van der Waals surface area (Å²) in [5.41, 5.74) is 1.96. The van der Waals surface area contributed by atoms with Gasteiger partial charge in [0.25, 0.3) is 0 Å². The second kappa shape index (κ2) is 5.00. The van der Waals surface area contributed by atoms with E-state index >= 15 is 0 Å². The number of para-hydroxylation sites is 1. The Kier molecular flexibility index (Phi) is 3.43. The van der Waals surface area contributed by atoms with Gasteiger partial charge < -0.3 is 4.42 Å². The van der Waals surface area contributed by atoms with E-state index in [1.807, 2.05) is 31.2 Å². The van der Waals surface area contributed by atoms with E-state index in [1.165, 1.54) is 0 Å². The van der Waals surface area contributed by atoms with Crippen LogP contribution in [0, 0.1) is 0 Å². The number of ketones is 1. The van der Waals surface area contributed by atoms with Crippen LogP contribution in [0.1, 0.15) is 31.1 Å². The van der Waals surface area contributed by atoms with Crippen LogP contribution in [0.25, 0.3) is 17.0 Å². The van der Waals surface area contributed by atoms with Crippen LogP contribution in [0.3, 0.4) is 0 Å². The van der Waals surface area contributed by atoms with E-state index in [4.69, 9.17) is 4.42 Å². The Morgan fingerprint density at radius 2 is 2.18 bits per heavy atom. The molecule has 0 aliphatic carbocycles. The number of benzene rings is 1. The van der Waals surface area contributed by atoms with E-state index in [0.29, 0.717) is 12.8 Å². The van der Waals surface area contributed by atoms with E-state index in [2.05, 4.69) is 6.58 Å². The van der Waals surface area contributed by atoms with Crippen LogP contribution in [0.5, 0.6) is 0 Å². The van der Waals surface area contributed by atoms with Gasteiger partial charge in [-0.15, -0.1) is 0 Å². The molecule has 0 amide bonds. The van der Waals surface area contributed by atoms with E-state index in [-0.39, 0.29) is 5.78 Å². The molecule has 2 rings (SSSR count). The predicted octanol–water partition coefficient (Wildman–Crippen LogP) is 3.99. The summed E-state index contributed by atoms with van der Waals surface area (Å²) in [7, 11) is 0. The topological polar surface area (TPSA) is 30.2 Å². The molecule has 0 unspecified atom stereocenters. The number of carbonyl (C=O) groups excluding carboxylic acids is 1. The molecule has 0 fully saturated rings. The molecule has 0 bridgehead atoms. The molecule has 0 N–H and O–H groups in total. The fourth-order valence-corrected chi connectivity index (χ4v) is 1.98. The maximum atomic E-state index is 11.4. The minimum absolute atomic E-state index is 0.283. The van der Waals surface area contributed by atoms with Crippen molar-refractivity contribution in [2.75, 3.05) is 0 Å². The van der Waals surface area contributed by atoms with Crippen LogP contribution in [0.15, 0.2) is 35.3 Å². The van der Waals surface area contributed by atoms with Gasteiger partial charge in [0, 0.05) is 23.8 Å². The van der Waals surface area contributed by atoms with E-state index < -0.39 is 0 Å². The Bertz CT molecular complexity index is 549. The lowest BCUT2D eigenvalue weighted by Gasteiger charge is -1.99. The van der Waals surface area contributed by atoms with Crippen LogP contribution in [-0.2, 0) is 11.2 Å². The average molecular weight is 228 g/mol. The van der Waals surface area contributed by atoms with Gasteiger partial charge in [0.15, 0.2) is 0 Å². The van der Waals surface area contributed by atoms with E-state index in [9.17, 15) is 4.79 Å². The zero-order valence-corrected chi connectivity index (χ0v) is 10.0. The zero-order valence-electron chi connectivity index (χ0n) is 10.0. The fraction of sp³-hybridized carbons (Fsp3) is 0.267. The van der Waals surface area contributed by atoms with Gasteiger partial charge in [-0.2, -0.15) is 0 Å². The molecule has 0 saturated heterocycles. The van der Waals surface area contributed by atoms with Crippen LogP contribution in [0.4, 0.5) is 0 Å². The first-order valence-corrected chi connectivity index (χ1v) is 5.90. The summed E-state index contributed by atoms with van der Waals surface area (Å²) in [4.78, 5) is 11.4. The highest BCUT2D eigenvalue weighted by atomic mass is 16.3. The summed E-state index contributed by atoms with van der Waals surface area (Å²) >= 11 is 0. The van der Waals surface area contributed by atoms with Crippen molar-refractivity contribution in [1.29, 1.82) is 0 Å². The molecule has 0 radical (unpaired) electrons. The Hall–Kier alpha value is -1.83. The third-order valence-electron chi connectivity index (χ3n) is 2.96. The van der Waals surface area contributed by atoms with Gasteiger partial charge >= 0.3 is 0 Å². The summed E-state index contributed by atoms with van der Waals surface area (Å²) in [5.74, 6) is 1.07. The Morgan fingerprint density at radius 1 is 1.41 bits per heavy atom. The normalized spacial score (nSPS) is 10.6. The third kappa shape index (κ3) is 2.31. The SMILES string of the molecule is C=Cc1oc2ccccc2c1CCC(=O)CC.